The molecule has 2 aromatic heterocycles. The van der Waals surface area contributed by atoms with E-state index in [4.69, 9.17) is 13.6 Å². The molecule has 0 bridgehead atoms. The van der Waals surface area contributed by atoms with Crippen LogP contribution >= 0.6 is 7.60 Å². The fraction of sp³-hybridized carbons (Fsp3) is 0.538. The molecule has 3 atom stereocenters. The Morgan fingerprint density at radius 2 is 1.90 bits per heavy atom. The van der Waals surface area contributed by atoms with Crippen LogP contribution in [-0.2, 0) is 19.2 Å². The third-order valence-corrected chi connectivity index (χ3v) is 9.37. The number of halogens is 2. The van der Waals surface area contributed by atoms with Crippen LogP contribution in [0.2, 0.25) is 0 Å². The van der Waals surface area contributed by atoms with Gasteiger partial charge in [0.25, 0.3) is 5.91 Å². The molecule has 1 N–H and O–H groups in total. The number of carbonyl (C=O) groups is 1. The number of hydrogen-bond acceptors (Lipinski definition) is 9. The molecule has 1 aliphatic heterocycles. The minimum absolute atomic E-state index is 0.105. The van der Waals surface area contributed by atoms with Gasteiger partial charge in [-0.05, 0) is 59.6 Å². The molecule has 1 unspecified atom stereocenters. The van der Waals surface area contributed by atoms with Crippen LogP contribution in [0.25, 0.3) is 5.69 Å². The lowest BCUT2D eigenvalue weighted by Gasteiger charge is -2.37. The van der Waals surface area contributed by atoms with Gasteiger partial charge in [-0.1, -0.05) is 17.3 Å². The molecule has 3 heterocycles. The number of para-hydroxylation sites is 1. The maximum absolute atomic E-state index is 15.4. The molecule has 0 spiro atoms. The molecule has 40 heavy (non-hydrogen) atoms. The maximum atomic E-state index is 15.4. The Hall–Kier alpha value is -2.99. The highest BCUT2D eigenvalue weighted by Crippen LogP contribution is 2.67. The smallest absolute Gasteiger partial charge is 0.376 e. The van der Waals surface area contributed by atoms with E-state index in [-0.39, 0.29) is 43.3 Å². The second-order valence-corrected chi connectivity index (χ2v) is 12.0. The summed E-state index contributed by atoms with van der Waals surface area (Å²) in [6, 6.07) is 8.12. The van der Waals surface area contributed by atoms with Crippen LogP contribution in [0.15, 0.2) is 41.1 Å². The first-order valence-electron chi connectivity index (χ1n) is 13.1. The van der Waals surface area contributed by atoms with Crippen molar-refractivity contribution in [2.45, 2.75) is 70.7 Å². The van der Waals surface area contributed by atoms with Gasteiger partial charge in [0.05, 0.1) is 42.0 Å². The van der Waals surface area contributed by atoms with E-state index in [2.05, 4.69) is 15.4 Å². The van der Waals surface area contributed by atoms with Gasteiger partial charge in [0, 0.05) is 24.6 Å². The Morgan fingerprint density at radius 3 is 2.52 bits per heavy atom. The van der Waals surface area contributed by atoms with Gasteiger partial charge in [-0.25, -0.2) is 0 Å². The monoisotopic (exact) mass is 581 g/mol. The lowest BCUT2D eigenvalue weighted by Crippen LogP contribution is -2.45. The average Bonchev–Trinajstić information content (AvgIpc) is 3.59. The zero-order chi connectivity index (χ0) is 29.3. The van der Waals surface area contributed by atoms with Gasteiger partial charge >= 0.3 is 13.3 Å². The molecule has 4 rings (SSSR count). The van der Waals surface area contributed by atoms with Gasteiger partial charge in [-0.2, -0.15) is 23.8 Å². The average molecular weight is 582 g/mol. The van der Waals surface area contributed by atoms with Gasteiger partial charge in [0.1, 0.15) is 0 Å². The molecule has 1 saturated heterocycles. The van der Waals surface area contributed by atoms with Crippen molar-refractivity contribution in [1.29, 1.82) is 0 Å². The topological polar surface area (TPSA) is 133 Å². The van der Waals surface area contributed by atoms with Gasteiger partial charge < -0.3 is 23.6 Å². The highest BCUT2D eigenvalue weighted by molar-refractivity contribution is 7.55. The van der Waals surface area contributed by atoms with Crippen molar-refractivity contribution >= 4 is 13.5 Å². The molecule has 1 aromatic carbocycles. The number of carbonyl (C=O) groups excluding carboxylic acids is 1. The lowest BCUT2D eigenvalue weighted by atomic mass is 9.89. The number of likely N-dealkylation sites (tertiary alicyclic amines) is 1. The van der Waals surface area contributed by atoms with Gasteiger partial charge in [-0.3, -0.25) is 9.36 Å². The number of aromatic nitrogens is 4. The van der Waals surface area contributed by atoms with E-state index < -0.39 is 24.6 Å². The van der Waals surface area contributed by atoms with E-state index in [1.807, 2.05) is 6.92 Å². The number of amides is 1. The molecule has 218 valence electrons. The summed E-state index contributed by atoms with van der Waals surface area (Å²) in [5.74, 6) is -1.18. The number of benzene rings is 1. The lowest BCUT2D eigenvalue weighted by molar-refractivity contribution is -0.148. The van der Waals surface area contributed by atoms with Crippen LogP contribution in [0.4, 0.5) is 8.78 Å². The molecular weight excluding hydrogens is 547 g/mol. The predicted octanol–water partition coefficient (Wildman–Crippen LogP) is 5.04. The van der Waals surface area contributed by atoms with E-state index in [0.29, 0.717) is 29.8 Å². The molecule has 1 amide bonds. The first kappa shape index (κ1) is 30.0. The van der Waals surface area contributed by atoms with Crippen molar-refractivity contribution in [1.82, 2.24) is 25.1 Å². The second-order valence-electron chi connectivity index (χ2n) is 9.94. The van der Waals surface area contributed by atoms with Crippen molar-refractivity contribution in [3.8, 4) is 5.69 Å². The fourth-order valence-electron chi connectivity index (χ4n) is 4.74. The standard InChI is InChI=1S/C26H34F2N5O6P/c1-6-37-40(36,38-7-2)26(27,28)25(5,35)23-14-21(31-39-23)19-13-12-18(4)32(16-19)24(34)20-10-8-9-11-22(20)33-29-15-17(3)30-33/h8-11,14-15,18-19,35H,6-7,12-13,16H2,1-5H3/t18-,19-,25?/m1/s1. The molecule has 0 aliphatic carbocycles. The SMILES string of the molecule is CCOP(=O)(OCC)C(F)(F)C(C)(O)c1cc([C@@H]2CC[C@@H](C)N(C(=O)c3ccccc3-n3ncc(C)n3)C2)no1. The normalized spacial score (nSPS) is 19.9. The van der Waals surface area contributed by atoms with Crippen molar-refractivity contribution in [2.75, 3.05) is 19.8 Å². The maximum Gasteiger partial charge on any atom is 0.403 e. The molecule has 1 aliphatic rings. The number of aliphatic hydroxyl groups is 1. The van der Waals surface area contributed by atoms with Crippen molar-refractivity contribution in [3.63, 3.8) is 0 Å². The number of aryl methyl sites for hydroxylation is 1. The number of hydrogen-bond donors (Lipinski definition) is 1. The quantitative estimate of drug-likeness (QED) is 0.327. The number of alkyl halides is 2. The van der Waals surface area contributed by atoms with Crippen LogP contribution in [0.5, 0.6) is 0 Å². The minimum atomic E-state index is -5.06. The van der Waals surface area contributed by atoms with Crippen molar-refractivity contribution < 1.29 is 36.8 Å². The van der Waals surface area contributed by atoms with E-state index in [9.17, 15) is 14.5 Å². The van der Waals surface area contributed by atoms with E-state index in [1.165, 1.54) is 24.7 Å². The first-order chi connectivity index (χ1) is 18.9. The van der Waals surface area contributed by atoms with Crippen LogP contribution in [0.3, 0.4) is 0 Å². The summed E-state index contributed by atoms with van der Waals surface area (Å²) >= 11 is 0. The Balaban J connectivity index is 1.59. The van der Waals surface area contributed by atoms with Gasteiger partial charge in [0.2, 0.25) is 0 Å². The Labute approximate surface area is 231 Å². The first-order valence-corrected chi connectivity index (χ1v) is 14.7. The van der Waals surface area contributed by atoms with Crippen molar-refractivity contribution in [2.24, 2.45) is 0 Å². The Bertz CT molecular complexity index is 1380. The number of piperidine rings is 1. The zero-order valence-electron chi connectivity index (χ0n) is 23.1. The van der Waals surface area contributed by atoms with Crippen LogP contribution < -0.4 is 0 Å². The minimum Gasteiger partial charge on any atom is -0.376 e. The van der Waals surface area contributed by atoms with Crippen LogP contribution in [-0.4, -0.2) is 67.5 Å². The highest BCUT2D eigenvalue weighted by Gasteiger charge is 2.67. The fourth-order valence-corrected chi connectivity index (χ4v) is 6.46. The van der Waals surface area contributed by atoms with E-state index in [0.717, 1.165) is 6.92 Å². The molecule has 11 nitrogen and oxygen atoms in total. The summed E-state index contributed by atoms with van der Waals surface area (Å²) in [6.07, 6.45) is 2.83. The molecule has 1 fully saturated rings. The summed E-state index contributed by atoms with van der Waals surface area (Å²) in [6.45, 7) is 6.92. The van der Waals surface area contributed by atoms with E-state index in [1.54, 1.807) is 42.3 Å². The highest BCUT2D eigenvalue weighted by atomic mass is 31.2. The summed E-state index contributed by atoms with van der Waals surface area (Å²) in [5.41, 5.74) is -5.45. The summed E-state index contributed by atoms with van der Waals surface area (Å²) in [5, 5.41) is 23.4. The van der Waals surface area contributed by atoms with Crippen molar-refractivity contribution in [3.05, 3.63) is 59.2 Å². The summed E-state index contributed by atoms with van der Waals surface area (Å²) in [4.78, 5) is 16.8. The second kappa shape index (κ2) is 11.5. The molecular formula is C26H34F2N5O6P. The zero-order valence-corrected chi connectivity index (χ0v) is 24.0. The third kappa shape index (κ3) is 5.35. The summed E-state index contributed by atoms with van der Waals surface area (Å²) in [7, 11) is -5.06. The number of nitrogens with zero attached hydrogens (tertiary/aromatic N) is 5. The Morgan fingerprint density at radius 1 is 1.23 bits per heavy atom. The third-order valence-electron chi connectivity index (χ3n) is 7.05. The van der Waals surface area contributed by atoms with Crippen LogP contribution in [0, 0.1) is 6.92 Å². The summed E-state index contributed by atoms with van der Waals surface area (Å²) < 4.78 is 58.6. The number of rotatable bonds is 10. The molecule has 0 saturated carbocycles. The van der Waals surface area contributed by atoms with Gasteiger partial charge in [-0.15, -0.1) is 0 Å². The van der Waals surface area contributed by atoms with Crippen LogP contribution in [0.1, 0.15) is 74.0 Å². The molecule has 3 aromatic rings. The largest absolute Gasteiger partial charge is 0.403 e. The Kier molecular flexibility index (Phi) is 8.60. The molecule has 14 heteroatoms. The predicted molar refractivity (Wildman–Crippen MR) is 140 cm³/mol. The molecule has 0 radical (unpaired) electrons. The van der Waals surface area contributed by atoms with Gasteiger partial charge in [0.15, 0.2) is 11.4 Å². The van der Waals surface area contributed by atoms with E-state index >= 15 is 8.78 Å².